The van der Waals surface area contributed by atoms with Gasteiger partial charge in [-0.2, -0.15) is 4.99 Å². The Hall–Kier alpha value is -2.12. The molecule has 4 rings (SSSR count). The molecule has 0 bridgehead atoms. The van der Waals surface area contributed by atoms with Gasteiger partial charge in [-0.05, 0) is 37.1 Å². The van der Waals surface area contributed by atoms with E-state index in [2.05, 4.69) is 4.99 Å². The van der Waals surface area contributed by atoms with E-state index in [0.29, 0.717) is 10.7 Å². The van der Waals surface area contributed by atoms with Crippen molar-refractivity contribution in [1.82, 2.24) is 0 Å². The summed E-state index contributed by atoms with van der Waals surface area (Å²) in [5.41, 5.74) is 3.56. The van der Waals surface area contributed by atoms with E-state index in [1.165, 1.54) is 11.8 Å². The van der Waals surface area contributed by atoms with Crippen LogP contribution in [0.15, 0.2) is 53.5 Å². The van der Waals surface area contributed by atoms with Crippen LogP contribution in [0.5, 0.6) is 0 Å². The second kappa shape index (κ2) is 6.80. The molecule has 0 aliphatic carbocycles. The molecule has 2 aliphatic heterocycles. The topological polar surface area (TPSA) is 66.8 Å². The normalized spacial score (nSPS) is 25.0. The number of carbonyl (C=O) groups excluding carboxylic acids is 1. The number of para-hydroxylation sites is 1. The smallest absolute Gasteiger partial charge is 0.279 e. The number of hydrogen-bond donors (Lipinski definition) is 0. The van der Waals surface area contributed by atoms with Crippen molar-refractivity contribution in [3.63, 3.8) is 0 Å². The number of hydrogen-bond acceptors (Lipinski definition) is 4. The Balaban J connectivity index is 1.79. The maximum absolute atomic E-state index is 12.6. The van der Waals surface area contributed by atoms with Gasteiger partial charge in [0.05, 0.1) is 17.5 Å². The van der Waals surface area contributed by atoms with Crippen molar-refractivity contribution >= 4 is 38.4 Å². The summed E-state index contributed by atoms with van der Waals surface area (Å²) >= 11 is 1.40. The minimum absolute atomic E-state index is 0.0942. The van der Waals surface area contributed by atoms with Crippen LogP contribution in [-0.2, 0) is 9.84 Å². The quantitative estimate of drug-likeness (QED) is 0.774. The number of rotatable bonds is 2. The summed E-state index contributed by atoms with van der Waals surface area (Å²) in [6.45, 7) is 4.00. The van der Waals surface area contributed by atoms with Gasteiger partial charge in [0, 0.05) is 16.5 Å². The summed E-state index contributed by atoms with van der Waals surface area (Å²) in [7, 11) is -3.08. The van der Waals surface area contributed by atoms with Gasteiger partial charge in [0.15, 0.2) is 15.0 Å². The fourth-order valence-electron chi connectivity index (χ4n) is 3.74. The van der Waals surface area contributed by atoms with Gasteiger partial charge in [-0.25, -0.2) is 8.42 Å². The van der Waals surface area contributed by atoms with Crippen molar-refractivity contribution < 1.29 is 13.2 Å². The summed E-state index contributed by atoms with van der Waals surface area (Å²) in [5, 5.41) is 0.488. The van der Waals surface area contributed by atoms with E-state index >= 15 is 0 Å². The van der Waals surface area contributed by atoms with Gasteiger partial charge in [-0.1, -0.05) is 48.2 Å². The van der Waals surface area contributed by atoms with Crippen LogP contribution < -0.4 is 4.90 Å². The Morgan fingerprint density at radius 1 is 1.04 bits per heavy atom. The molecule has 0 aromatic heterocycles. The molecule has 0 spiro atoms. The molecule has 5 nitrogen and oxygen atoms in total. The number of aryl methyl sites for hydroxylation is 2. The van der Waals surface area contributed by atoms with Crippen molar-refractivity contribution in [2.24, 2.45) is 4.99 Å². The maximum atomic E-state index is 12.6. The van der Waals surface area contributed by atoms with Crippen LogP contribution in [0.2, 0.25) is 0 Å². The predicted octanol–water partition coefficient (Wildman–Crippen LogP) is 3.22. The first-order valence-electron chi connectivity index (χ1n) is 8.76. The number of amidine groups is 1. The predicted molar refractivity (Wildman–Crippen MR) is 110 cm³/mol. The number of aliphatic imine (C=N–C) groups is 1. The number of thioether (sulfide) groups is 1. The summed E-state index contributed by atoms with van der Waals surface area (Å²) in [6, 6.07) is 14.7. The molecule has 27 heavy (non-hydrogen) atoms. The number of nitrogens with zero attached hydrogens (tertiary/aromatic N) is 2. The molecule has 0 saturated carbocycles. The number of anilines is 1. The van der Waals surface area contributed by atoms with Gasteiger partial charge in [-0.15, -0.1) is 0 Å². The number of fused-ring (bicyclic) bond motifs is 1. The monoisotopic (exact) mass is 400 g/mol. The third kappa shape index (κ3) is 3.41. The number of amides is 1. The first-order valence-corrected chi connectivity index (χ1v) is 11.5. The zero-order chi connectivity index (χ0) is 19.2. The number of carbonyl (C=O) groups is 1. The van der Waals surface area contributed by atoms with Crippen LogP contribution in [0.1, 0.15) is 21.5 Å². The molecule has 2 aromatic rings. The van der Waals surface area contributed by atoms with Gasteiger partial charge in [0.25, 0.3) is 5.91 Å². The average Bonchev–Trinajstić information content (AvgIpc) is 3.07. The van der Waals surface area contributed by atoms with E-state index in [1.54, 1.807) is 24.3 Å². The summed E-state index contributed by atoms with van der Waals surface area (Å²) in [6.07, 6.45) is 0. The molecule has 7 heteroatoms. The van der Waals surface area contributed by atoms with Crippen LogP contribution in [-0.4, -0.2) is 42.3 Å². The summed E-state index contributed by atoms with van der Waals surface area (Å²) in [4.78, 5) is 19.0. The molecule has 2 atom stereocenters. The molecule has 0 unspecified atom stereocenters. The number of benzene rings is 2. The largest absolute Gasteiger partial charge is 0.315 e. The zero-order valence-corrected chi connectivity index (χ0v) is 16.8. The van der Waals surface area contributed by atoms with E-state index in [4.69, 9.17) is 0 Å². The highest BCUT2D eigenvalue weighted by Crippen LogP contribution is 2.43. The summed E-state index contributed by atoms with van der Waals surface area (Å²) < 4.78 is 24.4. The van der Waals surface area contributed by atoms with Crippen molar-refractivity contribution in [3.8, 4) is 0 Å². The van der Waals surface area contributed by atoms with Gasteiger partial charge in [0.2, 0.25) is 0 Å². The SMILES string of the molecule is Cc1cccc(C)c1N1C(=NC(=O)c2ccccc2)S[C@@H]2CS(=O)(=O)C[C@@H]21. The van der Waals surface area contributed by atoms with Gasteiger partial charge >= 0.3 is 0 Å². The number of sulfone groups is 1. The molecule has 1 amide bonds. The van der Waals surface area contributed by atoms with Gasteiger partial charge in [-0.3, -0.25) is 4.79 Å². The lowest BCUT2D eigenvalue weighted by Gasteiger charge is -2.27. The Morgan fingerprint density at radius 2 is 1.70 bits per heavy atom. The highest BCUT2D eigenvalue weighted by atomic mass is 32.2. The van der Waals surface area contributed by atoms with Crippen LogP contribution in [0, 0.1) is 13.8 Å². The van der Waals surface area contributed by atoms with Crippen molar-refractivity contribution in [2.45, 2.75) is 25.1 Å². The summed E-state index contributed by atoms with van der Waals surface area (Å²) in [5.74, 6) is -0.0867. The standard InChI is InChI=1S/C20H20N2O3S2/c1-13-7-6-8-14(2)18(13)22-16-11-27(24,25)12-17(16)26-20(22)21-19(23)15-9-4-3-5-10-15/h3-10,16-17H,11-12H2,1-2H3/t16-,17+/m0/s1. The Labute approximate surface area is 163 Å². The van der Waals surface area contributed by atoms with Crippen molar-refractivity contribution in [2.75, 3.05) is 16.4 Å². The fraction of sp³-hybridized carbons (Fsp3) is 0.300. The maximum Gasteiger partial charge on any atom is 0.279 e. The lowest BCUT2D eigenvalue weighted by atomic mass is 10.1. The van der Waals surface area contributed by atoms with E-state index in [1.807, 2.05) is 43.0 Å². The molecule has 0 radical (unpaired) electrons. The second-order valence-corrected chi connectivity index (χ2v) is 10.3. The third-order valence-electron chi connectivity index (χ3n) is 4.96. The fourth-order valence-corrected chi connectivity index (χ4v) is 7.64. The molecule has 2 aromatic carbocycles. The van der Waals surface area contributed by atoms with E-state index in [-0.39, 0.29) is 28.7 Å². The first kappa shape index (κ1) is 18.3. The molecule has 140 valence electrons. The Morgan fingerprint density at radius 3 is 2.37 bits per heavy atom. The highest BCUT2D eigenvalue weighted by molar-refractivity contribution is 8.16. The van der Waals surface area contributed by atoms with Crippen LogP contribution >= 0.6 is 11.8 Å². The van der Waals surface area contributed by atoms with Crippen LogP contribution in [0.3, 0.4) is 0 Å². The molecular weight excluding hydrogens is 380 g/mol. The van der Waals surface area contributed by atoms with Gasteiger partial charge in [0.1, 0.15) is 0 Å². The molecule has 2 heterocycles. The van der Waals surface area contributed by atoms with Crippen molar-refractivity contribution in [3.05, 3.63) is 65.2 Å². The minimum atomic E-state index is -3.08. The van der Waals surface area contributed by atoms with Crippen LogP contribution in [0.4, 0.5) is 5.69 Å². The van der Waals surface area contributed by atoms with E-state index < -0.39 is 9.84 Å². The molecule has 2 saturated heterocycles. The van der Waals surface area contributed by atoms with Crippen LogP contribution in [0.25, 0.3) is 0 Å². The van der Waals surface area contributed by atoms with Crippen molar-refractivity contribution in [1.29, 1.82) is 0 Å². The first-order chi connectivity index (χ1) is 12.9. The molecule has 2 aliphatic rings. The highest BCUT2D eigenvalue weighted by Gasteiger charge is 2.49. The molecule has 2 fully saturated rings. The minimum Gasteiger partial charge on any atom is -0.315 e. The molecule has 0 N–H and O–H groups in total. The average molecular weight is 401 g/mol. The van der Waals surface area contributed by atoms with Gasteiger partial charge < -0.3 is 4.90 Å². The van der Waals surface area contributed by atoms with E-state index in [0.717, 1.165) is 16.8 Å². The Bertz CT molecular complexity index is 1010. The second-order valence-electron chi connectivity index (χ2n) is 6.98. The lowest BCUT2D eigenvalue weighted by molar-refractivity contribution is 0.100. The Kier molecular flexibility index (Phi) is 4.60. The van der Waals surface area contributed by atoms with E-state index in [9.17, 15) is 13.2 Å². The zero-order valence-electron chi connectivity index (χ0n) is 15.1. The lowest BCUT2D eigenvalue weighted by Crippen LogP contribution is -2.38. The third-order valence-corrected chi connectivity index (χ3v) is 8.17. The molecular formula is C20H20N2O3S2.